The maximum absolute atomic E-state index is 13.1. The van der Waals surface area contributed by atoms with Crippen LogP contribution in [0.3, 0.4) is 0 Å². The molecule has 0 amide bonds. The number of nitrogens with zero attached hydrogens (tertiary/aromatic N) is 1. The van der Waals surface area contributed by atoms with E-state index in [0.29, 0.717) is 23.0 Å². The molecule has 1 unspecified atom stereocenters. The maximum Gasteiger partial charge on any atom is 0.257 e. The molecule has 0 saturated carbocycles. The first kappa shape index (κ1) is 19.0. The Morgan fingerprint density at radius 2 is 2.11 bits per heavy atom. The Morgan fingerprint density at radius 3 is 2.89 bits per heavy atom. The van der Waals surface area contributed by atoms with Crippen molar-refractivity contribution in [1.82, 2.24) is 9.97 Å². The standard InChI is InChI=1S/C22H25N3O2S/c1-3-4-11-28-22-24-20-19(21(27)25-22)17(14-8-5-7-13(2)12-14)18-15(23-20)9-6-10-16(18)26/h5,7-8,12,17H,3-4,6,9-11H2,1-2H3,(H2,23,24,25,27). The molecule has 0 fully saturated rings. The van der Waals surface area contributed by atoms with E-state index in [1.165, 1.54) is 0 Å². The molecule has 0 radical (unpaired) electrons. The van der Waals surface area contributed by atoms with E-state index in [4.69, 9.17) is 4.98 Å². The molecule has 2 heterocycles. The number of thioether (sulfide) groups is 1. The molecule has 146 valence electrons. The van der Waals surface area contributed by atoms with Gasteiger partial charge in [-0.2, -0.15) is 0 Å². The molecule has 0 saturated heterocycles. The molecular weight excluding hydrogens is 370 g/mol. The number of unbranched alkanes of at least 4 members (excludes halogenated alkanes) is 1. The minimum atomic E-state index is -0.357. The molecule has 2 aromatic rings. The zero-order valence-corrected chi connectivity index (χ0v) is 17.1. The molecule has 5 nitrogen and oxygen atoms in total. The Kier molecular flexibility index (Phi) is 5.40. The summed E-state index contributed by atoms with van der Waals surface area (Å²) in [6.07, 6.45) is 4.37. The van der Waals surface area contributed by atoms with Crippen LogP contribution in [0.5, 0.6) is 0 Å². The number of rotatable bonds is 5. The average Bonchev–Trinajstić information content (AvgIpc) is 2.67. The van der Waals surface area contributed by atoms with Gasteiger partial charge in [-0.1, -0.05) is 54.9 Å². The Hall–Kier alpha value is -2.34. The molecule has 28 heavy (non-hydrogen) atoms. The summed E-state index contributed by atoms with van der Waals surface area (Å²) < 4.78 is 0. The van der Waals surface area contributed by atoms with Crippen molar-refractivity contribution >= 4 is 23.4 Å². The van der Waals surface area contributed by atoms with E-state index in [9.17, 15) is 9.59 Å². The normalized spacial score (nSPS) is 18.5. The van der Waals surface area contributed by atoms with Gasteiger partial charge < -0.3 is 10.3 Å². The smallest absolute Gasteiger partial charge is 0.257 e. The number of hydrogen-bond acceptors (Lipinski definition) is 5. The topological polar surface area (TPSA) is 74.8 Å². The van der Waals surface area contributed by atoms with E-state index >= 15 is 0 Å². The van der Waals surface area contributed by atoms with Gasteiger partial charge in [0.1, 0.15) is 5.82 Å². The third kappa shape index (κ3) is 3.53. The molecule has 1 aliphatic heterocycles. The number of hydrogen-bond donors (Lipinski definition) is 2. The lowest BCUT2D eigenvalue weighted by molar-refractivity contribution is -0.116. The van der Waals surface area contributed by atoms with Crippen LogP contribution in [0, 0.1) is 6.92 Å². The summed E-state index contributed by atoms with van der Waals surface area (Å²) in [5.41, 5.74) is 4.15. The van der Waals surface area contributed by atoms with E-state index < -0.39 is 0 Å². The summed E-state index contributed by atoms with van der Waals surface area (Å²) >= 11 is 1.57. The molecule has 1 aromatic heterocycles. The summed E-state index contributed by atoms with van der Waals surface area (Å²) in [6.45, 7) is 4.17. The molecule has 4 rings (SSSR count). The summed E-state index contributed by atoms with van der Waals surface area (Å²) in [7, 11) is 0. The van der Waals surface area contributed by atoms with E-state index in [-0.39, 0.29) is 17.3 Å². The maximum atomic E-state index is 13.1. The third-order valence-corrected chi connectivity index (χ3v) is 6.31. The number of allylic oxidation sites excluding steroid dienone is 2. The number of nitrogens with one attached hydrogen (secondary N) is 2. The third-order valence-electron chi connectivity index (χ3n) is 5.35. The number of aromatic amines is 1. The molecule has 6 heteroatoms. The van der Waals surface area contributed by atoms with Crippen molar-refractivity contribution in [1.29, 1.82) is 0 Å². The number of aryl methyl sites for hydroxylation is 1. The number of benzene rings is 1. The molecule has 2 aliphatic rings. The van der Waals surface area contributed by atoms with Crippen molar-refractivity contribution in [2.75, 3.05) is 11.1 Å². The number of carbonyl (C=O) groups is 1. The number of fused-ring (bicyclic) bond motifs is 1. The Morgan fingerprint density at radius 1 is 1.25 bits per heavy atom. The van der Waals surface area contributed by atoms with E-state index in [1.807, 2.05) is 25.1 Å². The number of carbonyl (C=O) groups excluding carboxylic acids is 1. The Labute approximate surface area is 169 Å². The van der Waals surface area contributed by atoms with Gasteiger partial charge in [0, 0.05) is 29.4 Å². The van der Waals surface area contributed by atoms with Crippen LogP contribution < -0.4 is 10.9 Å². The quantitative estimate of drug-likeness (QED) is 0.442. The fourth-order valence-corrected chi connectivity index (χ4v) is 4.95. The number of anilines is 1. The highest BCUT2D eigenvalue weighted by atomic mass is 32.2. The lowest BCUT2D eigenvalue weighted by Gasteiger charge is -2.32. The summed E-state index contributed by atoms with van der Waals surface area (Å²) in [6, 6.07) is 8.08. The van der Waals surface area contributed by atoms with E-state index in [1.54, 1.807) is 11.8 Å². The van der Waals surface area contributed by atoms with E-state index in [2.05, 4.69) is 23.3 Å². The van der Waals surface area contributed by atoms with Gasteiger partial charge in [0.25, 0.3) is 5.56 Å². The van der Waals surface area contributed by atoms with Gasteiger partial charge in [-0.05, 0) is 31.7 Å². The fraction of sp³-hybridized carbons (Fsp3) is 0.409. The number of aromatic nitrogens is 2. The van der Waals surface area contributed by atoms with Crippen LogP contribution in [-0.2, 0) is 4.79 Å². The van der Waals surface area contributed by atoms with Crippen LogP contribution in [0.4, 0.5) is 5.82 Å². The highest BCUT2D eigenvalue weighted by Crippen LogP contribution is 2.43. The van der Waals surface area contributed by atoms with Crippen LogP contribution in [0.2, 0.25) is 0 Å². The van der Waals surface area contributed by atoms with Gasteiger partial charge in [0.05, 0.1) is 5.56 Å². The van der Waals surface area contributed by atoms with Crippen molar-refractivity contribution in [3.63, 3.8) is 0 Å². The second-order valence-corrected chi connectivity index (χ2v) is 8.56. The zero-order chi connectivity index (χ0) is 19.7. The van der Waals surface area contributed by atoms with Gasteiger partial charge in [-0.3, -0.25) is 9.59 Å². The molecule has 1 atom stereocenters. The first-order chi connectivity index (χ1) is 13.6. The molecule has 1 aromatic carbocycles. The average molecular weight is 396 g/mol. The predicted molar refractivity (Wildman–Crippen MR) is 113 cm³/mol. The monoisotopic (exact) mass is 395 g/mol. The van der Waals surface area contributed by atoms with Crippen LogP contribution in [-0.4, -0.2) is 21.5 Å². The van der Waals surface area contributed by atoms with Crippen LogP contribution in [0.25, 0.3) is 0 Å². The van der Waals surface area contributed by atoms with E-state index in [0.717, 1.165) is 53.8 Å². The van der Waals surface area contributed by atoms with Gasteiger partial charge >= 0.3 is 0 Å². The summed E-state index contributed by atoms with van der Waals surface area (Å²) in [5, 5.41) is 3.97. The Balaban J connectivity index is 1.85. The number of H-pyrrole nitrogens is 1. The predicted octanol–water partition coefficient (Wildman–Crippen LogP) is 4.54. The molecule has 1 aliphatic carbocycles. The Bertz CT molecular complexity index is 1010. The van der Waals surface area contributed by atoms with Gasteiger partial charge in [-0.15, -0.1) is 0 Å². The lowest BCUT2D eigenvalue weighted by atomic mass is 9.76. The van der Waals surface area contributed by atoms with Crippen LogP contribution in [0.1, 0.15) is 61.6 Å². The second kappa shape index (κ2) is 7.95. The summed E-state index contributed by atoms with van der Waals surface area (Å²) in [5.74, 6) is 1.30. The van der Waals surface area contributed by atoms with Gasteiger partial charge in [0.2, 0.25) is 0 Å². The number of ketones is 1. The molecule has 2 N–H and O–H groups in total. The first-order valence-electron chi connectivity index (χ1n) is 9.95. The van der Waals surface area contributed by atoms with Crippen molar-refractivity contribution in [2.24, 2.45) is 0 Å². The van der Waals surface area contributed by atoms with Gasteiger partial charge in [0.15, 0.2) is 10.9 Å². The van der Waals surface area contributed by atoms with Crippen molar-refractivity contribution in [2.45, 2.75) is 57.0 Å². The van der Waals surface area contributed by atoms with Crippen LogP contribution >= 0.6 is 11.8 Å². The summed E-state index contributed by atoms with van der Waals surface area (Å²) in [4.78, 5) is 33.6. The highest BCUT2D eigenvalue weighted by Gasteiger charge is 2.37. The second-order valence-electron chi connectivity index (χ2n) is 7.48. The largest absolute Gasteiger partial charge is 0.343 e. The highest BCUT2D eigenvalue weighted by molar-refractivity contribution is 7.99. The minimum Gasteiger partial charge on any atom is -0.343 e. The molecule has 0 bridgehead atoms. The fourth-order valence-electron chi connectivity index (χ4n) is 4.01. The minimum absolute atomic E-state index is 0.131. The molecule has 0 spiro atoms. The van der Waals surface area contributed by atoms with Crippen molar-refractivity contribution in [3.05, 3.63) is 62.6 Å². The zero-order valence-electron chi connectivity index (χ0n) is 16.3. The van der Waals surface area contributed by atoms with Crippen LogP contribution in [0.15, 0.2) is 45.5 Å². The van der Waals surface area contributed by atoms with Crippen molar-refractivity contribution < 1.29 is 4.79 Å². The lowest BCUT2D eigenvalue weighted by Crippen LogP contribution is -2.32. The molecular formula is C22H25N3O2S. The van der Waals surface area contributed by atoms with Gasteiger partial charge in [-0.25, -0.2) is 4.98 Å². The first-order valence-corrected chi connectivity index (χ1v) is 10.9. The number of Topliss-reactive ketones (excluding diaryl/α,β-unsaturated/α-hetero) is 1. The SMILES string of the molecule is CCCCSc1nc2c(c(=O)[nH]1)C(c1cccc(C)c1)C1=C(CCCC1=O)N2. The van der Waals surface area contributed by atoms with Crippen molar-refractivity contribution in [3.8, 4) is 0 Å².